The van der Waals surface area contributed by atoms with Crippen LogP contribution in [0.1, 0.15) is 32.4 Å². The number of hydrogen-bond donors (Lipinski definition) is 1. The maximum atomic E-state index is 12.0. The SMILES string of the molecule is CN(C(=O)OC(C)(C)C)C(C(=O)O)c1ccccc1Br. The maximum Gasteiger partial charge on any atom is 0.411 e. The minimum atomic E-state index is -1.12. The van der Waals surface area contributed by atoms with E-state index >= 15 is 0 Å². The predicted octanol–water partition coefficient (Wildman–Crippen LogP) is 3.44. The summed E-state index contributed by atoms with van der Waals surface area (Å²) in [7, 11) is 1.41. The lowest BCUT2D eigenvalue weighted by atomic mass is 10.1. The average Bonchev–Trinajstić information content (AvgIpc) is 2.29. The lowest BCUT2D eigenvalue weighted by Gasteiger charge is -2.29. The zero-order valence-corrected chi connectivity index (χ0v) is 13.5. The summed E-state index contributed by atoms with van der Waals surface area (Å²) < 4.78 is 5.83. The number of halogens is 1. The van der Waals surface area contributed by atoms with Crippen LogP contribution in [0.15, 0.2) is 28.7 Å². The maximum absolute atomic E-state index is 12.0. The van der Waals surface area contributed by atoms with E-state index in [-0.39, 0.29) is 0 Å². The van der Waals surface area contributed by atoms with E-state index < -0.39 is 23.7 Å². The lowest BCUT2D eigenvalue weighted by molar-refractivity contribution is -0.143. The van der Waals surface area contributed by atoms with E-state index in [0.29, 0.717) is 10.0 Å². The van der Waals surface area contributed by atoms with Gasteiger partial charge in [0.2, 0.25) is 0 Å². The molecule has 0 heterocycles. The topological polar surface area (TPSA) is 66.8 Å². The minimum absolute atomic E-state index is 0.494. The fraction of sp³-hybridized carbons (Fsp3) is 0.429. The zero-order chi connectivity index (χ0) is 15.5. The molecule has 5 nitrogen and oxygen atoms in total. The van der Waals surface area contributed by atoms with Crippen LogP contribution in [0.5, 0.6) is 0 Å². The third kappa shape index (κ3) is 4.23. The van der Waals surface area contributed by atoms with Gasteiger partial charge in [0.05, 0.1) is 0 Å². The van der Waals surface area contributed by atoms with Crippen molar-refractivity contribution in [1.82, 2.24) is 4.90 Å². The number of likely N-dealkylation sites (N-methyl/N-ethyl adjacent to an activating group) is 1. The average molecular weight is 344 g/mol. The third-order valence-electron chi connectivity index (χ3n) is 2.50. The van der Waals surface area contributed by atoms with Crippen LogP contribution in [0, 0.1) is 0 Å². The van der Waals surface area contributed by atoms with Crippen molar-refractivity contribution in [3.05, 3.63) is 34.3 Å². The van der Waals surface area contributed by atoms with E-state index in [1.54, 1.807) is 45.0 Å². The Bertz CT molecular complexity index is 510. The number of hydrogen-bond acceptors (Lipinski definition) is 3. The zero-order valence-electron chi connectivity index (χ0n) is 11.9. The molecule has 1 aromatic carbocycles. The van der Waals surface area contributed by atoms with Gasteiger partial charge in [-0.1, -0.05) is 34.1 Å². The van der Waals surface area contributed by atoms with Gasteiger partial charge in [0.15, 0.2) is 6.04 Å². The van der Waals surface area contributed by atoms with Gasteiger partial charge in [-0.2, -0.15) is 0 Å². The number of carboxylic acid groups (broad SMARTS) is 1. The largest absolute Gasteiger partial charge is 0.479 e. The van der Waals surface area contributed by atoms with Crippen molar-refractivity contribution < 1.29 is 19.4 Å². The van der Waals surface area contributed by atoms with E-state index in [1.165, 1.54) is 7.05 Å². The van der Waals surface area contributed by atoms with E-state index in [4.69, 9.17) is 4.74 Å². The van der Waals surface area contributed by atoms with E-state index in [0.717, 1.165) is 4.90 Å². The van der Waals surface area contributed by atoms with Crippen LogP contribution in [0.2, 0.25) is 0 Å². The number of ether oxygens (including phenoxy) is 1. The van der Waals surface area contributed by atoms with Crippen LogP contribution in [0.4, 0.5) is 4.79 Å². The van der Waals surface area contributed by atoms with E-state index in [9.17, 15) is 14.7 Å². The van der Waals surface area contributed by atoms with E-state index in [2.05, 4.69) is 15.9 Å². The molecule has 20 heavy (non-hydrogen) atoms. The second kappa shape index (κ2) is 6.26. The van der Waals surface area contributed by atoms with Gasteiger partial charge >= 0.3 is 12.1 Å². The van der Waals surface area contributed by atoms with Gasteiger partial charge in [-0.25, -0.2) is 9.59 Å². The molecular weight excluding hydrogens is 326 g/mol. The number of nitrogens with zero attached hydrogens (tertiary/aromatic N) is 1. The molecule has 0 saturated carbocycles. The second-order valence-electron chi connectivity index (χ2n) is 5.35. The molecule has 0 aromatic heterocycles. The van der Waals surface area contributed by atoms with Gasteiger partial charge < -0.3 is 9.84 Å². The van der Waals surface area contributed by atoms with Crippen molar-refractivity contribution in [3.63, 3.8) is 0 Å². The van der Waals surface area contributed by atoms with Crippen LogP contribution < -0.4 is 0 Å². The predicted molar refractivity (Wildman–Crippen MR) is 78.5 cm³/mol. The van der Waals surface area contributed by atoms with Gasteiger partial charge in [0.25, 0.3) is 0 Å². The Balaban J connectivity index is 3.07. The second-order valence-corrected chi connectivity index (χ2v) is 6.21. The summed E-state index contributed by atoms with van der Waals surface area (Å²) in [6.45, 7) is 5.19. The van der Waals surface area contributed by atoms with E-state index in [1.807, 2.05) is 0 Å². The molecule has 0 saturated heterocycles. The van der Waals surface area contributed by atoms with Crippen LogP contribution >= 0.6 is 15.9 Å². The number of aliphatic carboxylic acids is 1. The molecule has 1 amide bonds. The molecule has 0 aliphatic rings. The van der Waals surface area contributed by atoms with Crippen molar-refractivity contribution in [1.29, 1.82) is 0 Å². The Hall–Kier alpha value is -1.56. The first kappa shape index (κ1) is 16.5. The summed E-state index contributed by atoms with van der Waals surface area (Å²) in [5, 5.41) is 9.40. The molecule has 1 aromatic rings. The van der Waals surface area contributed by atoms with Crippen molar-refractivity contribution in [2.45, 2.75) is 32.4 Å². The van der Waals surface area contributed by atoms with Gasteiger partial charge in [-0.3, -0.25) is 4.90 Å². The fourth-order valence-corrected chi connectivity index (χ4v) is 2.15. The smallest absolute Gasteiger partial charge is 0.411 e. The van der Waals surface area contributed by atoms with Crippen molar-refractivity contribution in [3.8, 4) is 0 Å². The highest BCUT2D eigenvalue weighted by atomic mass is 79.9. The van der Waals surface area contributed by atoms with Crippen LogP contribution in [-0.2, 0) is 9.53 Å². The Labute approximate surface area is 126 Å². The summed E-state index contributed by atoms with van der Waals surface area (Å²) in [5.74, 6) is -1.12. The molecule has 1 atom stereocenters. The van der Waals surface area contributed by atoms with Gasteiger partial charge in [0.1, 0.15) is 5.60 Å². The monoisotopic (exact) mass is 343 g/mol. The van der Waals surface area contributed by atoms with Crippen molar-refractivity contribution in [2.75, 3.05) is 7.05 Å². The summed E-state index contributed by atoms with van der Waals surface area (Å²) in [5.41, 5.74) is -0.184. The molecule has 0 bridgehead atoms. The number of carbonyl (C=O) groups excluding carboxylic acids is 1. The number of rotatable bonds is 3. The molecule has 0 aliphatic heterocycles. The van der Waals surface area contributed by atoms with Crippen LogP contribution in [0.3, 0.4) is 0 Å². The van der Waals surface area contributed by atoms with Crippen LogP contribution in [-0.4, -0.2) is 34.7 Å². The molecule has 1 N–H and O–H groups in total. The van der Waals surface area contributed by atoms with Crippen LogP contribution in [0.25, 0.3) is 0 Å². The Morgan fingerprint density at radius 1 is 1.30 bits per heavy atom. The van der Waals surface area contributed by atoms with Crippen molar-refractivity contribution >= 4 is 28.0 Å². The highest BCUT2D eigenvalue weighted by Gasteiger charge is 2.32. The normalized spacial score (nSPS) is 12.7. The number of benzene rings is 1. The standard InChI is InChI=1S/C14H18BrNO4/c1-14(2,3)20-13(19)16(4)11(12(17)18)9-7-5-6-8-10(9)15/h5-8,11H,1-4H3,(H,17,18). The summed E-state index contributed by atoms with van der Waals surface area (Å²) in [4.78, 5) is 24.6. The molecule has 110 valence electrons. The molecule has 0 fully saturated rings. The Morgan fingerprint density at radius 3 is 2.30 bits per heavy atom. The van der Waals surface area contributed by atoms with Gasteiger partial charge in [0, 0.05) is 17.1 Å². The number of carbonyl (C=O) groups is 2. The molecule has 6 heteroatoms. The first-order valence-electron chi connectivity index (χ1n) is 6.06. The van der Waals surface area contributed by atoms with Gasteiger partial charge in [-0.15, -0.1) is 0 Å². The molecule has 1 rings (SSSR count). The van der Waals surface area contributed by atoms with Gasteiger partial charge in [-0.05, 0) is 26.8 Å². The molecular formula is C14H18BrNO4. The Kier molecular flexibility index (Phi) is 5.16. The molecule has 0 aliphatic carbocycles. The number of amides is 1. The molecule has 0 spiro atoms. The first-order valence-corrected chi connectivity index (χ1v) is 6.86. The van der Waals surface area contributed by atoms with Crippen molar-refractivity contribution in [2.24, 2.45) is 0 Å². The third-order valence-corrected chi connectivity index (χ3v) is 3.22. The summed E-state index contributed by atoms with van der Waals surface area (Å²) in [6, 6.07) is 5.78. The summed E-state index contributed by atoms with van der Waals surface area (Å²) >= 11 is 3.30. The summed E-state index contributed by atoms with van der Waals surface area (Å²) in [6.07, 6.45) is -0.680. The lowest BCUT2D eigenvalue weighted by Crippen LogP contribution is -2.39. The fourth-order valence-electron chi connectivity index (χ4n) is 1.64. The first-order chi connectivity index (χ1) is 9.13. The highest BCUT2D eigenvalue weighted by molar-refractivity contribution is 9.10. The molecule has 0 radical (unpaired) electrons. The quantitative estimate of drug-likeness (QED) is 0.912. The minimum Gasteiger partial charge on any atom is -0.479 e. The highest BCUT2D eigenvalue weighted by Crippen LogP contribution is 2.28. The molecule has 1 unspecified atom stereocenters. The Morgan fingerprint density at radius 2 is 1.85 bits per heavy atom. The number of carboxylic acids is 1.